The average Bonchev–Trinajstić information content (AvgIpc) is 2.15. The molecule has 0 aliphatic rings. The zero-order valence-corrected chi connectivity index (χ0v) is 9.75. The van der Waals surface area contributed by atoms with Crippen LogP contribution in [0.3, 0.4) is 0 Å². The zero-order chi connectivity index (χ0) is 10.6. The van der Waals surface area contributed by atoms with Gasteiger partial charge in [-0.25, -0.2) is 5.84 Å². The van der Waals surface area contributed by atoms with E-state index in [0.29, 0.717) is 5.84 Å². The Balaban J connectivity index is 3.07. The second-order valence-electron chi connectivity index (χ2n) is 3.07. The van der Waals surface area contributed by atoms with Gasteiger partial charge in [0.25, 0.3) is 0 Å². The van der Waals surface area contributed by atoms with E-state index in [9.17, 15) is 0 Å². The number of aliphatic imine (C=N–C) groups is 1. The van der Waals surface area contributed by atoms with Crippen molar-refractivity contribution in [3.63, 3.8) is 0 Å². The molecule has 0 bridgehead atoms. The van der Waals surface area contributed by atoms with E-state index in [4.69, 9.17) is 5.84 Å². The minimum atomic E-state index is 0.195. The molecule has 1 heterocycles. The molecule has 0 saturated carbocycles. The van der Waals surface area contributed by atoms with Crippen LogP contribution in [0.4, 0.5) is 0 Å². The number of rotatable bonds is 2. The number of nitrogens with two attached hydrogens (primary N) is 1. The molecule has 0 atom stereocenters. The Kier molecular flexibility index (Phi) is 4.03. The summed E-state index contributed by atoms with van der Waals surface area (Å²) < 4.78 is 0.873. The van der Waals surface area contributed by atoms with E-state index in [1.165, 1.54) is 0 Å². The predicted octanol–water partition coefficient (Wildman–Crippen LogP) is 1.46. The van der Waals surface area contributed by atoms with Crippen molar-refractivity contribution in [2.75, 3.05) is 0 Å². The Labute approximate surface area is 91.7 Å². The topological polar surface area (TPSA) is 63.3 Å². The summed E-state index contributed by atoms with van der Waals surface area (Å²) in [6, 6.07) is 2.05. The summed E-state index contributed by atoms with van der Waals surface area (Å²) in [6.45, 7) is 3.98. The maximum Gasteiger partial charge on any atom is 0.144 e. The van der Waals surface area contributed by atoms with E-state index < -0.39 is 0 Å². The minimum absolute atomic E-state index is 0.195. The van der Waals surface area contributed by atoms with E-state index in [0.717, 1.165) is 10.0 Å². The van der Waals surface area contributed by atoms with Crippen molar-refractivity contribution >= 4 is 21.8 Å². The molecule has 0 radical (unpaired) electrons. The molecule has 3 N–H and O–H groups in total. The fourth-order valence-corrected chi connectivity index (χ4v) is 1.45. The van der Waals surface area contributed by atoms with Crippen LogP contribution in [0.2, 0.25) is 0 Å². The molecule has 0 saturated heterocycles. The first-order valence-corrected chi connectivity index (χ1v) is 5.08. The van der Waals surface area contributed by atoms with Gasteiger partial charge < -0.3 is 5.43 Å². The summed E-state index contributed by atoms with van der Waals surface area (Å²) in [5.41, 5.74) is 3.50. The molecule has 1 aromatic rings. The van der Waals surface area contributed by atoms with Crippen LogP contribution in [0.25, 0.3) is 0 Å². The average molecular weight is 257 g/mol. The summed E-state index contributed by atoms with van der Waals surface area (Å²) in [4.78, 5) is 8.32. The fraction of sp³-hybridized carbons (Fsp3) is 0.333. The third kappa shape index (κ3) is 2.78. The lowest BCUT2D eigenvalue weighted by atomic mass is 10.2. The lowest BCUT2D eigenvalue weighted by Crippen LogP contribution is -2.32. The van der Waals surface area contributed by atoms with Crippen LogP contribution in [-0.4, -0.2) is 16.9 Å². The van der Waals surface area contributed by atoms with Crippen LogP contribution in [0.1, 0.15) is 19.4 Å². The van der Waals surface area contributed by atoms with Crippen molar-refractivity contribution in [2.24, 2.45) is 10.8 Å². The monoisotopic (exact) mass is 256 g/mol. The molecule has 0 fully saturated rings. The SMILES string of the molecule is CC(C)N=C(NN)c1ccncc1Br. The standard InChI is InChI=1S/C9H13BrN4/c1-6(2)13-9(14-11)7-3-4-12-5-8(7)10/h3-6H,11H2,1-2H3,(H,13,14). The second-order valence-corrected chi connectivity index (χ2v) is 3.93. The Bertz CT molecular complexity index is 335. The van der Waals surface area contributed by atoms with Gasteiger partial charge in [0.2, 0.25) is 0 Å². The number of halogens is 1. The summed E-state index contributed by atoms with van der Waals surface area (Å²) in [7, 11) is 0. The van der Waals surface area contributed by atoms with Gasteiger partial charge >= 0.3 is 0 Å². The molecule has 76 valence electrons. The van der Waals surface area contributed by atoms with Crippen molar-refractivity contribution < 1.29 is 0 Å². The number of hydrogen-bond donors (Lipinski definition) is 2. The van der Waals surface area contributed by atoms with E-state index >= 15 is 0 Å². The van der Waals surface area contributed by atoms with Crippen LogP contribution >= 0.6 is 15.9 Å². The molecule has 0 aliphatic carbocycles. The Morgan fingerprint density at radius 2 is 2.36 bits per heavy atom. The van der Waals surface area contributed by atoms with Crippen molar-refractivity contribution in [3.8, 4) is 0 Å². The van der Waals surface area contributed by atoms with E-state index in [2.05, 4.69) is 31.3 Å². The molecule has 14 heavy (non-hydrogen) atoms. The molecular weight excluding hydrogens is 244 g/mol. The van der Waals surface area contributed by atoms with Gasteiger partial charge in [0.1, 0.15) is 5.84 Å². The van der Waals surface area contributed by atoms with Gasteiger partial charge in [0, 0.05) is 28.5 Å². The first-order chi connectivity index (χ1) is 6.65. The van der Waals surface area contributed by atoms with Crippen molar-refractivity contribution in [1.82, 2.24) is 10.4 Å². The summed E-state index contributed by atoms with van der Waals surface area (Å²) in [5.74, 6) is 6.06. The van der Waals surface area contributed by atoms with Crippen LogP contribution < -0.4 is 11.3 Å². The molecule has 0 unspecified atom stereocenters. The van der Waals surface area contributed by atoms with Crippen molar-refractivity contribution in [3.05, 3.63) is 28.5 Å². The third-order valence-electron chi connectivity index (χ3n) is 1.55. The van der Waals surface area contributed by atoms with Gasteiger partial charge in [0.15, 0.2) is 0 Å². The minimum Gasteiger partial charge on any atom is -0.308 e. The van der Waals surface area contributed by atoms with Gasteiger partial charge in [-0.05, 0) is 35.8 Å². The molecule has 1 rings (SSSR count). The van der Waals surface area contributed by atoms with E-state index in [1.807, 2.05) is 19.9 Å². The van der Waals surface area contributed by atoms with Crippen LogP contribution in [0.15, 0.2) is 27.9 Å². The largest absolute Gasteiger partial charge is 0.308 e. The molecule has 0 spiro atoms. The van der Waals surface area contributed by atoms with E-state index in [1.54, 1.807) is 12.4 Å². The molecule has 0 aromatic carbocycles. The van der Waals surface area contributed by atoms with E-state index in [-0.39, 0.29) is 6.04 Å². The number of nitrogens with zero attached hydrogens (tertiary/aromatic N) is 2. The highest BCUT2D eigenvalue weighted by atomic mass is 79.9. The van der Waals surface area contributed by atoms with Gasteiger partial charge in [-0.2, -0.15) is 0 Å². The lowest BCUT2D eigenvalue weighted by Gasteiger charge is -2.08. The van der Waals surface area contributed by atoms with Gasteiger partial charge in [-0.15, -0.1) is 0 Å². The second kappa shape index (κ2) is 5.07. The highest BCUT2D eigenvalue weighted by Gasteiger charge is 2.06. The summed E-state index contributed by atoms with van der Waals surface area (Å²) in [5, 5.41) is 0. The van der Waals surface area contributed by atoms with Crippen LogP contribution in [0, 0.1) is 0 Å². The van der Waals surface area contributed by atoms with Crippen molar-refractivity contribution in [1.29, 1.82) is 0 Å². The van der Waals surface area contributed by atoms with Gasteiger partial charge in [0.05, 0.1) is 0 Å². The molecule has 1 aromatic heterocycles. The fourth-order valence-electron chi connectivity index (χ4n) is 1.01. The maximum atomic E-state index is 5.40. The maximum absolute atomic E-state index is 5.40. The first kappa shape index (κ1) is 11.1. The normalized spacial score (nSPS) is 11.9. The summed E-state index contributed by atoms with van der Waals surface area (Å²) >= 11 is 3.39. The van der Waals surface area contributed by atoms with Crippen molar-refractivity contribution in [2.45, 2.75) is 19.9 Å². The molecule has 4 nitrogen and oxygen atoms in total. The smallest absolute Gasteiger partial charge is 0.144 e. The molecule has 0 aliphatic heterocycles. The predicted molar refractivity (Wildman–Crippen MR) is 60.9 cm³/mol. The lowest BCUT2D eigenvalue weighted by molar-refractivity contribution is 0.820. The van der Waals surface area contributed by atoms with Gasteiger partial charge in [-0.3, -0.25) is 9.98 Å². The number of hydrogen-bond acceptors (Lipinski definition) is 3. The number of hydrazine groups is 1. The zero-order valence-electron chi connectivity index (χ0n) is 8.16. The molecular formula is C9H13BrN4. The van der Waals surface area contributed by atoms with Crippen LogP contribution in [0.5, 0.6) is 0 Å². The van der Waals surface area contributed by atoms with Crippen LogP contribution in [-0.2, 0) is 0 Å². The summed E-state index contributed by atoms with van der Waals surface area (Å²) in [6.07, 6.45) is 3.41. The number of aromatic nitrogens is 1. The molecule has 0 amide bonds. The Morgan fingerprint density at radius 3 is 2.86 bits per heavy atom. The highest BCUT2D eigenvalue weighted by Crippen LogP contribution is 2.14. The van der Waals surface area contributed by atoms with Gasteiger partial charge in [-0.1, -0.05) is 0 Å². The molecule has 5 heteroatoms. The number of amidine groups is 1. The Morgan fingerprint density at radius 1 is 1.64 bits per heavy atom. The number of pyridine rings is 1. The quantitative estimate of drug-likeness (QED) is 0.365. The highest BCUT2D eigenvalue weighted by molar-refractivity contribution is 9.10. The third-order valence-corrected chi connectivity index (χ3v) is 2.18. The Hall–Kier alpha value is -0.940. The number of nitrogens with one attached hydrogen (secondary N) is 1. The first-order valence-electron chi connectivity index (χ1n) is 4.29.